The monoisotopic (exact) mass is 677 g/mol. The highest BCUT2D eigenvalue weighted by Gasteiger charge is 2.51. The molecule has 11 heteroatoms. The molecule has 2 fully saturated rings. The van der Waals surface area contributed by atoms with Gasteiger partial charge >= 0.3 is 5.97 Å². The molecule has 274 valence electrons. The predicted molar refractivity (Wildman–Crippen MR) is 186 cm³/mol. The van der Waals surface area contributed by atoms with Crippen molar-refractivity contribution in [2.45, 2.75) is 104 Å². The number of esters is 1. The van der Waals surface area contributed by atoms with Crippen LogP contribution in [-0.2, 0) is 35.1 Å². The molecule has 0 unspecified atom stereocenters. The lowest BCUT2D eigenvalue weighted by Gasteiger charge is -2.47. The van der Waals surface area contributed by atoms with Gasteiger partial charge in [-0.15, -0.1) is 0 Å². The van der Waals surface area contributed by atoms with E-state index in [-0.39, 0.29) is 30.5 Å². The van der Waals surface area contributed by atoms with E-state index in [0.29, 0.717) is 25.9 Å². The van der Waals surface area contributed by atoms with E-state index in [9.17, 15) is 14.7 Å². The minimum atomic E-state index is -1.45. The van der Waals surface area contributed by atoms with Gasteiger partial charge in [-0.1, -0.05) is 26.0 Å². The van der Waals surface area contributed by atoms with Crippen LogP contribution in [0.25, 0.3) is 0 Å². The summed E-state index contributed by atoms with van der Waals surface area (Å²) in [7, 11) is 9.26. The van der Waals surface area contributed by atoms with E-state index < -0.39 is 41.4 Å². The molecule has 2 heterocycles. The van der Waals surface area contributed by atoms with E-state index >= 15 is 0 Å². The largest absolute Gasteiger partial charge is 0.497 e. The van der Waals surface area contributed by atoms with E-state index in [1.165, 1.54) is 0 Å². The zero-order chi connectivity index (χ0) is 35.8. The van der Waals surface area contributed by atoms with Crippen molar-refractivity contribution in [1.29, 1.82) is 0 Å². The number of carbonyl (C=O) groups excluding carboxylic acids is 2. The van der Waals surface area contributed by atoms with Crippen molar-refractivity contribution in [1.82, 2.24) is 14.7 Å². The second kappa shape index (κ2) is 17.7. The molecule has 0 radical (unpaired) electrons. The van der Waals surface area contributed by atoms with Crippen LogP contribution in [-0.4, -0.2) is 136 Å². The number of hydrogen-bond acceptors (Lipinski definition) is 11. The lowest BCUT2D eigenvalue weighted by Crippen LogP contribution is -2.59. The molecule has 0 amide bonds. The average molecular weight is 678 g/mol. The van der Waals surface area contributed by atoms with Gasteiger partial charge in [-0.25, -0.2) is 0 Å². The molecule has 11 nitrogen and oxygen atoms in total. The molecule has 0 bridgehead atoms. The van der Waals surface area contributed by atoms with Crippen LogP contribution >= 0.6 is 0 Å². The SMILES string of the molecule is COc1cccc(CN2CCCN(C)C[C@H](C)C[C@@](C)(OC)[C@H](O[C@@H]3O[C@H](C)C[C@H](N(C)C)[C@H]3O)[C@@H](C)C(=O)C(C)(C)C(=O)OCC2)c1. The highest BCUT2D eigenvalue weighted by molar-refractivity contribution is 6.04. The topological polar surface area (TPSA) is 110 Å². The molecule has 2 saturated heterocycles. The van der Waals surface area contributed by atoms with Gasteiger partial charge in [-0.3, -0.25) is 14.5 Å². The van der Waals surface area contributed by atoms with Crippen molar-refractivity contribution in [3.8, 4) is 5.75 Å². The number of benzene rings is 1. The minimum absolute atomic E-state index is 0.155. The number of nitrogens with zero attached hydrogens (tertiary/aromatic N) is 3. The van der Waals surface area contributed by atoms with E-state index in [1.807, 2.05) is 51.0 Å². The van der Waals surface area contributed by atoms with Gasteiger partial charge in [0.05, 0.1) is 24.9 Å². The Labute approximate surface area is 289 Å². The molecule has 48 heavy (non-hydrogen) atoms. The average Bonchev–Trinajstić information content (AvgIpc) is 3.03. The summed E-state index contributed by atoms with van der Waals surface area (Å²) >= 11 is 0. The number of aliphatic hydroxyl groups excluding tert-OH is 1. The number of methoxy groups -OCH3 is 2. The maximum Gasteiger partial charge on any atom is 0.319 e. The predicted octanol–water partition coefficient (Wildman–Crippen LogP) is 3.85. The molecular formula is C37H63N3O8. The van der Waals surface area contributed by atoms with E-state index in [0.717, 1.165) is 37.4 Å². The van der Waals surface area contributed by atoms with Crippen molar-refractivity contribution in [2.75, 3.05) is 68.1 Å². The summed E-state index contributed by atoms with van der Waals surface area (Å²) in [6.07, 6.45) is -0.747. The fourth-order valence-electron chi connectivity index (χ4n) is 7.40. The second-order valence-electron chi connectivity index (χ2n) is 15.1. The Hall–Kier alpha value is -2.12. The number of ether oxygens (including phenoxy) is 5. The van der Waals surface area contributed by atoms with Gasteiger partial charge in [0.1, 0.15) is 23.9 Å². The van der Waals surface area contributed by atoms with Gasteiger partial charge in [0.15, 0.2) is 12.1 Å². The van der Waals surface area contributed by atoms with Crippen LogP contribution in [0.15, 0.2) is 24.3 Å². The molecule has 8 atom stereocenters. The number of ketones is 1. The van der Waals surface area contributed by atoms with Crippen LogP contribution in [0.2, 0.25) is 0 Å². The summed E-state index contributed by atoms with van der Waals surface area (Å²) in [4.78, 5) is 34.5. The molecule has 1 aromatic rings. The van der Waals surface area contributed by atoms with Crippen LogP contribution in [0.5, 0.6) is 5.75 Å². The number of aliphatic hydroxyl groups is 1. The van der Waals surface area contributed by atoms with E-state index in [2.05, 4.69) is 29.8 Å². The summed E-state index contributed by atoms with van der Waals surface area (Å²) in [5.41, 5.74) is -1.27. The summed E-state index contributed by atoms with van der Waals surface area (Å²) < 4.78 is 30.3. The van der Waals surface area contributed by atoms with Crippen LogP contribution in [0.4, 0.5) is 0 Å². The third-order valence-corrected chi connectivity index (χ3v) is 10.2. The van der Waals surface area contributed by atoms with Gasteiger partial charge in [0.25, 0.3) is 0 Å². The number of carbonyl (C=O) groups is 2. The van der Waals surface area contributed by atoms with Crippen molar-refractivity contribution in [3.05, 3.63) is 29.8 Å². The molecule has 0 aliphatic carbocycles. The van der Waals surface area contributed by atoms with Crippen LogP contribution in [0.3, 0.4) is 0 Å². The first-order valence-corrected chi connectivity index (χ1v) is 17.5. The zero-order valence-electron chi connectivity index (χ0n) is 31.4. The normalized spacial score (nSPS) is 34.1. The van der Waals surface area contributed by atoms with Gasteiger partial charge in [0, 0.05) is 38.7 Å². The fraction of sp³-hybridized carbons (Fsp3) is 0.784. The Bertz CT molecular complexity index is 1180. The van der Waals surface area contributed by atoms with Gasteiger partial charge < -0.3 is 38.6 Å². The van der Waals surface area contributed by atoms with E-state index in [1.54, 1.807) is 35.0 Å². The smallest absolute Gasteiger partial charge is 0.319 e. The van der Waals surface area contributed by atoms with Gasteiger partial charge in [-0.05, 0) is 105 Å². The fourth-order valence-corrected chi connectivity index (χ4v) is 7.40. The number of likely N-dealkylation sites (N-methyl/N-ethyl adjacent to an activating group) is 1. The Morgan fingerprint density at radius 3 is 2.42 bits per heavy atom. The molecule has 1 N–H and O–H groups in total. The first-order valence-electron chi connectivity index (χ1n) is 17.5. The summed E-state index contributed by atoms with van der Waals surface area (Å²) in [6.45, 7) is 15.0. The number of hydrogen-bond donors (Lipinski definition) is 1. The van der Waals surface area contributed by atoms with E-state index in [4.69, 9.17) is 23.7 Å². The molecule has 0 spiro atoms. The molecule has 3 rings (SSSR count). The van der Waals surface area contributed by atoms with Gasteiger partial charge in [0.2, 0.25) is 0 Å². The molecular weight excluding hydrogens is 614 g/mol. The Morgan fingerprint density at radius 1 is 1.06 bits per heavy atom. The van der Waals surface area contributed by atoms with Crippen LogP contribution < -0.4 is 4.74 Å². The third-order valence-electron chi connectivity index (χ3n) is 10.2. The molecule has 0 aromatic heterocycles. The Balaban J connectivity index is 1.92. The lowest BCUT2D eigenvalue weighted by molar-refractivity contribution is -0.295. The van der Waals surface area contributed by atoms with Gasteiger partial charge in [-0.2, -0.15) is 0 Å². The summed E-state index contributed by atoms with van der Waals surface area (Å²) in [6, 6.07) is 7.81. The molecule has 1 aromatic carbocycles. The zero-order valence-corrected chi connectivity index (χ0v) is 31.4. The number of cyclic esters (lactones) is 1. The first-order chi connectivity index (χ1) is 22.5. The third kappa shape index (κ3) is 10.4. The van der Waals surface area contributed by atoms with Crippen LogP contribution in [0, 0.1) is 17.3 Å². The Morgan fingerprint density at radius 2 is 1.77 bits per heavy atom. The summed E-state index contributed by atoms with van der Waals surface area (Å²) in [5.74, 6) is -0.694. The highest BCUT2D eigenvalue weighted by Crippen LogP contribution is 2.38. The maximum absolute atomic E-state index is 14.3. The minimum Gasteiger partial charge on any atom is -0.497 e. The number of Topliss-reactive ketones (excluding diaryl/α,β-unsaturated/α-hetero) is 1. The summed E-state index contributed by atoms with van der Waals surface area (Å²) in [5, 5.41) is 11.4. The second-order valence-corrected chi connectivity index (χ2v) is 15.1. The van der Waals surface area contributed by atoms with Crippen molar-refractivity contribution in [3.63, 3.8) is 0 Å². The maximum atomic E-state index is 14.3. The van der Waals surface area contributed by atoms with Crippen molar-refractivity contribution >= 4 is 11.8 Å². The molecule has 2 aliphatic heterocycles. The first kappa shape index (κ1) is 40.3. The van der Waals surface area contributed by atoms with Crippen LogP contribution in [0.1, 0.15) is 66.4 Å². The Kier molecular flexibility index (Phi) is 14.9. The lowest BCUT2D eigenvalue weighted by atomic mass is 9.74. The highest BCUT2D eigenvalue weighted by atomic mass is 16.7. The quantitative estimate of drug-likeness (QED) is 0.336. The van der Waals surface area contributed by atoms with Crippen molar-refractivity contribution in [2.24, 2.45) is 17.3 Å². The molecule has 0 saturated carbocycles. The molecule has 2 aliphatic rings. The standard InChI is InChI=1S/C37H63N3O8/c1-25-22-37(6,45-11)33(48-34-31(41)30(38(7)8)20-26(2)47-34)27(3)32(42)36(4,5)35(43)46-19-18-40(17-13-16-39(9)23-25)24-28-14-12-15-29(21-28)44-10/h12,14-15,21,25-27,30-31,33-34,41H,13,16-20,22-24H2,1-11H3/t25-,26-,27+,30+,31-,33-,34+,37-/m1/s1. The van der Waals surface area contributed by atoms with Crippen molar-refractivity contribution < 1.29 is 38.4 Å². The number of rotatable bonds is 7.